The molecule has 5 rings (SSSR count). The largest absolute Gasteiger partial charge is 0.493 e. The maximum absolute atomic E-state index is 5.53. The summed E-state index contributed by atoms with van der Waals surface area (Å²) in [5.41, 5.74) is 3.23. The van der Waals surface area contributed by atoms with E-state index in [1.165, 1.54) is 0 Å². The van der Waals surface area contributed by atoms with E-state index in [4.69, 9.17) is 23.9 Å². The normalized spacial score (nSPS) is 12.2. The fourth-order valence-electron chi connectivity index (χ4n) is 3.32. The first-order valence-electron chi connectivity index (χ1n) is 8.98. The Morgan fingerprint density at radius 3 is 2.72 bits per heavy atom. The second-order valence-corrected chi connectivity index (χ2v) is 6.38. The van der Waals surface area contributed by atoms with E-state index in [0.717, 1.165) is 34.2 Å². The van der Waals surface area contributed by atoms with Gasteiger partial charge in [-0.05, 0) is 30.3 Å². The summed E-state index contributed by atoms with van der Waals surface area (Å²) in [6.45, 7) is 0.227. The lowest BCUT2D eigenvalue weighted by Crippen LogP contribution is -1.98. The Labute approximate surface area is 166 Å². The van der Waals surface area contributed by atoms with Crippen molar-refractivity contribution in [1.82, 2.24) is 14.4 Å². The number of nitrogens with one attached hydrogen (secondary N) is 1. The van der Waals surface area contributed by atoms with Gasteiger partial charge in [-0.3, -0.25) is 9.38 Å². The van der Waals surface area contributed by atoms with Crippen molar-refractivity contribution in [3.05, 3.63) is 55.0 Å². The molecule has 0 radical (unpaired) electrons. The Balaban J connectivity index is 1.62. The minimum Gasteiger partial charge on any atom is -0.493 e. The molecule has 4 aromatic rings. The summed E-state index contributed by atoms with van der Waals surface area (Å²) in [4.78, 5) is 8.95. The van der Waals surface area contributed by atoms with E-state index < -0.39 is 0 Å². The van der Waals surface area contributed by atoms with Gasteiger partial charge in [0.25, 0.3) is 0 Å². The van der Waals surface area contributed by atoms with Crippen molar-refractivity contribution in [3.8, 4) is 34.3 Å². The lowest BCUT2D eigenvalue weighted by Gasteiger charge is -2.12. The third-order valence-electron chi connectivity index (χ3n) is 4.72. The van der Waals surface area contributed by atoms with Crippen LogP contribution >= 0.6 is 0 Å². The van der Waals surface area contributed by atoms with Crippen molar-refractivity contribution in [2.75, 3.05) is 26.3 Å². The highest BCUT2D eigenvalue weighted by Crippen LogP contribution is 2.39. The molecule has 0 atom stereocenters. The molecule has 0 unspecified atom stereocenters. The topological polar surface area (TPSA) is 79.1 Å². The van der Waals surface area contributed by atoms with Gasteiger partial charge in [0.05, 0.1) is 20.4 Å². The number of ether oxygens (including phenoxy) is 4. The van der Waals surface area contributed by atoms with Crippen LogP contribution in [0.25, 0.3) is 16.9 Å². The summed E-state index contributed by atoms with van der Waals surface area (Å²) >= 11 is 0. The van der Waals surface area contributed by atoms with Gasteiger partial charge in [0.1, 0.15) is 11.5 Å². The average Bonchev–Trinajstić information content (AvgIpc) is 3.38. The fourth-order valence-corrected chi connectivity index (χ4v) is 3.32. The quantitative estimate of drug-likeness (QED) is 0.554. The van der Waals surface area contributed by atoms with Crippen LogP contribution in [0, 0.1) is 0 Å². The van der Waals surface area contributed by atoms with Crippen LogP contribution in [0.5, 0.6) is 23.0 Å². The Morgan fingerprint density at radius 2 is 1.86 bits per heavy atom. The molecule has 3 heterocycles. The van der Waals surface area contributed by atoms with Crippen LogP contribution in [0.2, 0.25) is 0 Å². The molecule has 1 aliphatic rings. The van der Waals surface area contributed by atoms with Crippen molar-refractivity contribution >= 4 is 17.2 Å². The molecule has 0 spiro atoms. The number of anilines is 2. The Morgan fingerprint density at radius 1 is 1.00 bits per heavy atom. The minimum absolute atomic E-state index is 0.227. The van der Waals surface area contributed by atoms with Gasteiger partial charge in [-0.2, -0.15) is 0 Å². The SMILES string of the molecule is COc1ccc(Nc2c(-c3ccc4c(c3)OCO4)nc3cnccn23)cc1OC. The van der Waals surface area contributed by atoms with Crippen LogP contribution < -0.4 is 24.3 Å². The highest BCUT2D eigenvalue weighted by Gasteiger charge is 2.19. The summed E-state index contributed by atoms with van der Waals surface area (Å²) in [5.74, 6) is 3.53. The van der Waals surface area contributed by atoms with Crippen LogP contribution in [-0.4, -0.2) is 35.4 Å². The molecule has 0 amide bonds. The number of methoxy groups -OCH3 is 2. The number of hydrogen-bond acceptors (Lipinski definition) is 7. The zero-order chi connectivity index (χ0) is 19.8. The van der Waals surface area contributed by atoms with Gasteiger partial charge in [0, 0.05) is 29.7 Å². The van der Waals surface area contributed by atoms with Crippen molar-refractivity contribution in [2.24, 2.45) is 0 Å². The molecule has 8 nitrogen and oxygen atoms in total. The van der Waals surface area contributed by atoms with Crippen molar-refractivity contribution in [3.63, 3.8) is 0 Å². The van der Waals surface area contributed by atoms with E-state index in [9.17, 15) is 0 Å². The van der Waals surface area contributed by atoms with Crippen LogP contribution in [0.4, 0.5) is 11.5 Å². The number of benzene rings is 2. The third-order valence-corrected chi connectivity index (χ3v) is 4.72. The van der Waals surface area contributed by atoms with Gasteiger partial charge in [0.15, 0.2) is 28.6 Å². The number of rotatable bonds is 5. The molecule has 8 heteroatoms. The first-order valence-corrected chi connectivity index (χ1v) is 8.98. The predicted octanol–water partition coefficient (Wildman–Crippen LogP) is 3.89. The smallest absolute Gasteiger partial charge is 0.231 e. The monoisotopic (exact) mass is 390 g/mol. The molecule has 1 aliphatic heterocycles. The Hall–Kier alpha value is -3.94. The first kappa shape index (κ1) is 17.2. The highest BCUT2D eigenvalue weighted by molar-refractivity contribution is 5.81. The van der Waals surface area contributed by atoms with Crippen LogP contribution in [-0.2, 0) is 0 Å². The summed E-state index contributed by atoms with van der Waals surface area (Å²) < 4.78 is 23.6. The zero-order valence-corrected chi connectivity index (χ0v) is 15.9. The Bertz CT molecular complexity index is 1200. The molecule has 2 aromatic carbocycles. The summed E-state index contributed by atoms with van der Waals surface area (Å²) in [7, 11) is 3.22. The molecule has 1 N–H and O–H groups in total. The molecule has 0 saturated heterocycles. The van der Waals surface area contributed by atoms with Crippen LogP contribution in [0.15, 0.2) is 55.0 Å². The second kappa shape index (κ2) is 6.90. The number of fused-ring (bicyclic) bond motifs is 2. The maximum Gasteiger partial charge on any atom is 0.231 e. The van der Waals surface area contributed by atoms with E-state index in [-0.39, 0.29) is 6.79 Å². The van der Waals surface area contributed by atoms with Crippen molar-refractivity contribution in [2.45, 2.75) is 0 Å². The average molecular weight is 390 g/mol. The van der Waals surface area contributed by atoms with Gasteiger partial charge >= 0.3 is 0 Å². The van der Waals surface area contributed by atoms with E-state index >= 15 is 0 Å². The molecular formula is C21H18N4O4. The molecule has 2 aromatic heterocycles. The lowest BCUT2D eigenvalue weighted by atomic mass is 10.1. The number of hydrogen-bond donors (Lipinski definition) is 1. The van der Waals surface area contributed by atoms with Crippen molar-refractivity contribution < 1.29 is 18.9 Å². The maximum atomic E-state index is 5.53. The number of imidazole rings is 1. The van der Waals surface area contributed by atoms with E-state index in [1.54, 1.807) is 26.6 Å². The van der Waals surface area contributed by atoms with E-state index in [0.29, 0.717) is 17.2 Å². The molecule has 0 fully saturated rings. The van der Waals surface area contributed by atoms with E-state index in [1.807, 2.05) is 47.0 Å². The van der Waals surface area contributed by atoms with Gasteiger partial charge in [-0.25, -0.2) is 4.98 Å². The van der Waals surface area contributed by atoms with Gasteiger partial charge in [-0.1, -0.05) is 0 Å². The van der Waals surface area contributed by atoms with E-state index in [2.05, 4.69) is 10.3 Å². The molecule has 0 saturated carbocycles. The zero-order valence-electron chi connectivity index (χ0n) is 15.9. The number of nitrogens with zero attached hydrogens (tertiary/aromatic N) is 3. The molecular weight excluding hydrogens is 372 g/mol. The van der Waals surface area contributed by atoms with Crippen LogP contribution in [0.3, 0.4) is 0 Å². The first-order chi connectivity index (χ1) is 14.3. The molecule has 146 valence electrons. The molecule has 0 bridgehead atoms. The highest BCUT2D eigenvalue weighted by atomic mass is 16.7. The molecule has 0 aliphatic carbocycles. The standard InChI is InChI=1S/C21H18N4O4/c1-26-15-6-4-14(10-17(15)27-2)23-21-20(24-19-11-22-7-8-25(19)21)13-3-5-16-18(9-13)29-12-28-16/h3-11,23H,12H2,1-2H3. The third kappa shape index (κ3) is 2.94. The van der Waals surface area contributed by atoms with Crippen LogP contribution in [0.1, 0.15) is 0 Å². The van der Waals surface area contributed by atoms with Gasteiger partial charge < -0.3 is 24.3 Å². The number of aromatic nitrogens is 3. The fraction of sp³-hybridized carbons (Fsp3) is 0.143. The van der Waals surface area contributed by atoms with Gasteiger partial charge in [0.2, 0.25) is 6.79 Å². The minimum atomic E-state index is 0.227. The summed E-state index contributed by atoms with van der Waals surface area (Å²) in [6.07, 6.45) is 5.30. The van der Waals surface area contributed by atoms with Crippen molar-refractivity contribution in [1.29, 1.82) is 0 Å². The summed E-state index contributed by atoms with van der Waals surface area (Å²) in [5, 5.41) is 3.45. The predicted molar refractivity (Wildman–Crippen MR) is 107 cm³/mol. The lowest BCUT2D eigenvalue weighted by molar-refractivity contribution is 0.174. The molecule has 29 heavy (non-hydrogen) atoms. The summed E-state index contributed by atoms with van der Waals surface area (Å²) in [6, 6.07) is 11.4. The van der Waals surface area contributed by atoms with Gasteiger partial charge in [-0.15, -0.1) is 0 Å². The second-order valence-electron chi connectivity index (χ2n) is 6.38. The Kier molecular flexibility index (Phi) is 4.09.